The molecule has 116 valence electrons. The number of fused-ring (bicyclic) bond motifs is 2. The van der Waals surface area contributed by atoms with E-state index in [0.717, 1.165) is 11.1 Å². The van der Waals surface area contributed by atoms with Gasteiger partial charge in [0.15, 0.2) is 5.78 Å². The molecule has 1 nitrogen and oxygen atoms in total. The Morgan fingerprint density at radius 1 is 0.667 bits per heavy atom. The van der Waals surface area contributed by atoms with Crippen LogP contribution in [0.15, 0.2) is 78.9 Å². The Morgan fingerprint density at radius 3 is 1.67 bits per heavy atom. The highest BCUT2D eigenvalue weighted by Crippen LogP contribution is 2.33. The molecule has 0 bridgehead atoms. The third-order valence-corrected chi connectivity index (χ3v) is 4.75. The van der Waals surface area contributed by atoms with Gasteiger partial charge < -0.3 is 0 Å². The molecule has 0 aliphatic rings. The third-order valence-electron chi connectivity index (χ3n) is 4.75. The Balaban J connectivity index is 1.96. The van der Waals surface area contributed by atoms with Gasteiger partial charge >= 0.3 is 0 Å². The summed E-state index contributed by atoms with van der Waals surface area (Å²) < 4.78 is 0. The second-order valence-corrected chi connectivity index (χ2v) is 6.16. The Morgan fingerprint density at radius 2 is 1.12 bits per heavy atom. The highest BCUT2D eigenvalue weighted by atomic mass is 16.1. The molecule has 0 atom stereocenters. The molecule has 0 aromatic heterocycles. The molecule has 0 heterocycles. The van der Waals surface area contributed by atoms with Crippen molar-refractivity contribution in [1.82, 2.24) is 0 Å². The first-order valence-corrected chi connectivity index (χ1v) is 8.23. The van der Waals surface area contributed by atoms with Crippen molar-refractivity contribution in [3.8, 4) is 0 Å². The largest absolute Gasteiger partial charge is 0.294 e. The van der Waals surface area contributed by atoms with Gasteiger partial charge in [-0.05, 0) is 39.6 Å². The van der Waals surface area contributed by atoms with Gasteiger partial charge in [0.25, 0.3) is 0 Å². The maximum Gasteiger partial charge on any atom is 0.167 e. The van der Waals surface area contributed by atoms with Gasteiger partial charge in [-0.25, -0.2) is 0 Å². The van der Waals surface area contributed by atoms with Crippen LogP contribution in [0, 0.1) is 6.92 Å². The Hall–Kier alpha value is -2.93. The zero-order valence-electron chi connectivity index (χ0n) is 13.6. The molecule has 0 aliphatic carbocycles. The summed E-state index contributed by atoms with van der Waals surface area (Å²) in [6.45, 7) is 2.16. The van der Waals surface area contributed by atoms with Gasteiger partial charge in [-0.15, -0.1) is 0 Å². The number of aryl methyl sites for hydroxylation is 1. The van der Waals surface area contributed by atoms with Crippen molar-refractivity contribution in [1.29, 1.82) is 0 Å². The van der Waals surface area contributed by atoms with Crippen LogP contribution < -0.4 is 0 Å². The molecule has 4 aromatic carbocycles. The van der Waals surface area contributed by atoms with Crippen LogP contribution in [-0.2, 0) is 6.42 Å². The first-order chi connectivity index (χ1) is 11.8. The van der Waals surface area contributed by atoms with Crippen LogP contribution in [0.5, 0.6) is 0 Å². The minimum Gasteiger partial charge on any atom is -0.294 e. The molecule has 0 amide bonds. The number of ketones is 1. The van der Waals surface area contributed by atoms with Crippen molar-refractivity contribution < 1.29 is 4.79 Å². The van der Waals surface area contributed by atoms with E-state index in [1.165, 1.54) is 27.1 Å². The van der Waals surface area contributed by atoms with E-state index in [1.54, 1.807) is 0 Å². The van der Waals surface area contributed by atoms with Crippen LogP contribution in [-0.4, -0.2) is 5.78 Å². The van der Waals surface area contributed by atoms with Gasteiger partial charge in [0.1, 0.15) is 0 Å². The van der Waals surface area contributed by atoms with E-state index < -0.39 is 0 Å². The first kappa shape index (κ1) is 14.6. The molecule has 0 aliphatic heterocycles. The van der Waals surface area contributed by atoms with E-state index in [9.17, 15) is 4.79 Å². The minimum atomic E-state index is 0.162. The van der Waals surface area contributed by atoms with Crippen molar-refractivity contribution in [3.05, 3.63) is 95.6 Å². The summed E-state index contributed by atoms with van der Waals surface area (Å²) >= 11 is 0. The zero-order chi connectivity index (χ0) is 16.5. The van der Waals surface area contributed by atoms with E-state index in [2.05, 4.69) is 43.3 Å². The minimum absolute atomic E-state index is 0.162. The average molecular weight is 310 g/mol. The van der Waals surface area contributed by atoms with Gasteiger partial charge in [0.2, 0.25) is 0 Å². The van der Waals surface area contributed by atoms with Crippen molar-refractivity contribution in [3.63, 3.8) is 0 Å². The number of benzene rings is 4. The Bertz CT molecular complexity index is 988. The molecule has 0 N–H and O–H groups in total. The highest BCUT2D eigenvalue weighted by Gasteiger charge is 2.14. The predicted octanol–water partition coefficient (Wildman–Crippen LogP) is 5.73. The lowest BCUT2D eigenvalue weighted by molar-refractivity contribution is 0.0993. The predicted molar refractivity (Wildman–Crippen MR) is 101 cm³/mol. The fourth-order valence-corrected chi connectivity index (χ4v) is 3.51. The van der Waals surface area contributed by atoms with Crippen molar-refractivity contribution in [2.75, 3.05) is 0 Å². The summed E-state index contributed by atoms with van der Waals surface area (Å²) in [7, 11) is 0. The smallest absolute Gasteiger partial charge is 0.167 e. The Labute approximate surface area is 141 Å². The van der Waals surface area contributed by atoms with Crippen LogP contribution in [0.1, 0.15) is 21.5 Å². The van der Waals surface area contributed by atoms with Crippen molar-refractivity contribution in [2.45, 2.75) is 13.3 Å². The van der Waals surface area contributed by atoms with E-state index in [4.69, 9.17) is 0 Å². The van der Waals surface area contributed by atoms with Crippen molar-refractivity contribution >= 4 is 27.3 Å². The highest BCUT2D eigenvalue weighted by molar-refractivity contribution is 6.09. The molecule has 0 saturated carbocycles. The zero-order valence-corrected chi connectivity index (χ0v) is 13.6. The number of Topliss-reactive ketones (excluding diaryl/α,β-unsaturated/α-hetero) is 1. The molecular weight excluding hydrogens is 292 g/mol. The number of hydrogen-bond acceptors (Lipinski definition) is 1. The van der Waals surface area contributed by atoms with Gasteiger partial charge in [-0.2, -0.15) is 0 Å². The summed E-state index contributed by atoms with van der Waals surface area (Å²) in [4.78, 5) is 12.8. The lowest BCUT2D eigenvalue weighted by atomic mass is 9.89. The van der Waals surface area contributed by atoms with Crippen LogP contribution in [0.25, 0.3) is 21.5 Å². The standard InChI is InChI=1S/C23H18O/c1-16-18-11-5-7-13-20(18)22(21-14-8-6-12-19(16)21)15-23(24)17-9-3-2-4-10-17/h2-14H,15H2,1H3. The van der Waals surface area contributed by atoms with Crippen LogP contribution in [0.2, 0.25) is 0 Å². The number of hydrogen-bond donors (Lipinski definition) is 0. The van der Waals surface area contributed by atoms with Crippen LogP contribution in [0.3, 0.4) is 0 Å². The molecule has 4 aromatic rings. The maximum atomic E-state index is 12.8. The van der Waals surface area contributed by atoms with Gasteiger partial charge in [-0.1, -0.05) is 78.9 Å². The van der Waals surface area contributed by atoms with E-state index >= 15 is 0 Å². The summed E-state index contributed by atoms with van der Waals surface area (Å²) in [5.41, 5.74) is 3.17. The third kappa shape index (κ3) is 2.39. The quantitative estimate of drug-likeness (QED) is 0.349. The summed E-state index contributed by atoms with van der Waals surface area (Å²) in [6, 6.07) is 26.3. The summed E-state index contributed by atoms with van der Waals surface area (Å²) in [5, 5.41) is 4.81. The first-order valence-electron chi connectivity index (χ1n) is 8.23. The summed E-state index contributed by atoms with van der Waals surface area (Å²) in [5.74, 6) is 0.162. The number of carbonyl (C=O) groups is 1. The molecule has 0 saturated heterocycles. The lowest BCUT2D eigenvalue weighted by Gasteiger charge is -2.14. The fourth-order valence-electron chi connectivity index (χ4n) is 3.51. The number of rotatable bonds is 3. The summed E-state index contributed by atoms with van der Waals surface area (Å²) in [6.07, 6.45) is 0.422. The number of carbonyl (C=O) groups excluding carboxylic acids is 1. The van der Waals surface area contributed by atoms with Gasteiger partial charge in [-0.3, -0.25) is 4.79 Å². The SMILES string of the molecule is Cc1c2ccccc2c(CC(=O)c2ccccc2)c2ccccc12. The van der Waals surface area contributed by atoms with Crippen LogP contribution >= 0.6 is 0 Å². The van der Waals surface area contributed by atoms with E-state index in [0.29, 0.717) is 6.42 Å². The average Bonchev–Trinajstić information content (AvgIpc) is 2.65. The molecule has 0 radical (unpaired) electrons. The monoisotopic (exact) mass is 310 g/mol. The van der Waals surface area contributed by atoms with E-state index in [-0.39, 0.29) is 5.78 Å². The topological polar surface area (TPSA) is 17.1 Å². The molecule has 0 spiro atoms. The normalized spacial score (nSPS) is 11.0. The van der Waals surface area contributed by atoms with E-state index in [1.807, 2.05) is 42.5 Å². The van der Waals surface area contributed by atoms with Crippen LogP contribution in [0.4, 0.5) is 0 Å². The maximum absolute atomic E-state index is 12.8. The molecule has 1 heteroatoms. The Kier molecular flexibility index (Phi) is 3.62. The fraction of sp³-hybridized carbons (Fsp3) is 0.0870. The van der Waals surface area contributed by atoms with Gasteiger partial charge in [0.05, 0.1) is 0 Å². The molecule has 0 fully saturated rings. The molecular formula is C23H18O. The molecule has 24 heavy (non-hydrogen) atoms. The lowest BCUT2D eigenvalue weighted by Crippen LogP contribution is -2.05. The van der Waals surface area contributed by atoms with Crippen molar-refractivity contribution in [2.24, 2.45) is 0 Å². The van der Waals surface area contributed by atoms with Gasteiger partial charge in [0, 0.05) is 12.0 Å². The second-order valence-electron chi connectivity index (χ2n) is 6.16. The molecule has 4 rings (SSSR count). The second kappa shape index (κ2) is 5.93. The molecule has 0 unspecified atom stereocenters.